The Morgan fingerprint density at radius 3 is 1.00 bits per heavy atom. The van der Waals surface area contributed by atoms with Crippen molar-refractivity contribution in [2.24, 2.45) is 0 Å². The molecule has 0 aromatic rings. The molecule has 4 heteroatoms. The van der Waals surface area contributed by atoms with E-state index in [4.69, 9.17) is 0 Å². The van der Waals surface area contributed by atoms with Gasteiger partial charge in [-0.05, 0) is 0 Å². The summed E-state index contributed by atoms with van der Waals surface area (Å²) < 4.78 is 0. The zero-order chi connectivity index (χ0) is 0. The molecule has 0 spiro atoms. The predicted octanol–water partition coefficient (Wildman–Crippen LogP) is -1.03. The summed E-state index contributed by atoms with van der Waals surface area (Å²) in [5.74, 6) is 0. The molecule has 0 aromatic heterocycles. The van der Waals surface area contributed by atoms with Crippen molar-refractivity contribution in [2.45, 2.75) is 0 Å². The van der Waals surface area contributed by atoms with Crippen LogP contribution in [0.15, 0.2) is 0 Å². The quantitative estimate of drug-likeness (QED) is 0.532. The maximum atomic E-state index is 0. The molecule has 4 heavy (non-hydrogen) atoms. The third-order valence-electron chi connectivity index (χ3n) is 0. The normalized spacial score (nSPS) is 0. The van der Waals surface area contributed by atoms with Crippen LogP contribution >= 0.6 is 0 Å². The topological polar surface area (TPSA) is 35.0 Å². The van der Waals surface area contributed by atoms with Gasteiger partial charge in [-0.15, -0.1) is 0 Å². The van der Waals surface area contributed by atoms with Gasteiger partial charge in [0.25, 0.3) is 0 Å². The Balaban J connectivity index is 0. The Bertz CT molecular complexity index is 8.00. The van der Waals surface area contributed by atoms with Crippen LogP contribution in [-0.2, 0) is 48.6 Å². The van der Waals surface area contributed by atoms with Gasteiger partial charge in [-0.25, -0.2) is 0 Å². The van der Waals surface area contributed by atoms with Crippen LogP contribution in [0.25, 0.3) is 0 Å². The first-order valence-electron chi connectivity index (χ1n) is 0. The van der Waals surface area contributed by atoms with Crippen molar-refractivity contribution in [1.82, 2.24) is 6.15 Å². The number of hydrogen-bond acceptors (Lipinski definition) is 1. The van der Waals surface area contributed by atoms with E-state index in [1.807, 2.05) is 0 Å². The van der Waals surface area contributed by atoms with Gasteiger partial charge in [-0.2, -0.15) is 0 Å². The van der Waals surface area contributed by atoms with Crippen molar-refractivity contribution in [3.05, 3.63) is 0 Å². The number of hydrogen-bond donors (Lipinski definition) is 1. The van der Waals surface area contributed by atoms with Crippen LogP contribution in [-0.4, -0.2) is 17.4 Å². The smallest absolute Gasteiger partial charge is 0.187 e. The fourth-order valence-electron chi connectivity index (χ4n) is 0. The van der Waals surface area contributed by atoms with Gasteiger partial charge in [0, 0.05) is 48.6 Å². The second-order valence-corrected chi connectivity index (χ2v) is 0. The van der Waals surface area contributed by atoms with Gasteiger partial charge in [0.05, 0.1) is 0 Å². The summed E-state index contributed by atoms with van der Waals surface area (Å²) in [7, 11) is 0. The van der Waals surface area contributed by atoms with E-state index in [-0.39, 0.29) is 72.1 Å². The molecule has 0 aliphatic heterocycles. The zero-order valence-corrected chi connectivity index (χ0v) is 6.31. The molecule has 0 fully saturated rings. The van der Waals surface area contributed by atoms with Crippen molar-refractivity contribution in [3.8, 4) is 0 Å². The van der Waals surface area contributed by atoms with Crippen LogP contribution in [0.3, 0.4) is 0 Å². The summed E-state index contributed by atoms with van der Waals surface area (Å²) in [5.41, 5.74) is 0. The maximum absolute atomic E-state index is 0. The van der Waals surface area contributed by atoms with E-state index in [1.165, 1.54) is 0 Å². The van der Waals surface area contributed by atoms with Crippen molar-refractivity contribution in [3.63, 3.8) is 0 Å². The van der Waals surface area contributed by atoms with Crippen LogP contribution in [0.2, 0.25) is 0 Å². The Labute approximate surface area is 71.3 Å². The molecular formula is H6AlNNbZr. The van der Waals surface area contributed by atoms with Crippen molar-refractivity contribution >= 4 is 17.4 Å². The second kappa shape index (κ2) is 19.4. The fraction of sp³-hybridized carbons (Fsp3) is 0. The molecule has 0 saturated heterocycles. The minimum atomic E-state index is 0. The van der Waals surface area contributed by atoms with Gasteiger partial charge in [0.2, 0.25) is 0 Å². The van der Waals surface area contributed by atoms with Gasteiger partial charge in [0.15, 0.2) is 17.4 Å². The molecule has 3 N–H and O–H groups in total. The summed E-state index contributed by atoms with van der Waals surface area (Å²) in [6.45, 7) is 0. The second-order valence-electron chi connectivity index (χ2n) is 0. The summed E-state index contributed by atoms with van der Waals surface area (Å²) >= 11 is 0. The van der Waals surface area contributed by atoms with Crippen molar-refractivity contribution in [1.29, 1.82) is 0 Å². The van der Waals surface area contributed by atoms with Crippen LogP contribution in [0, 0.1) is 0 Å². The largest absolute Gasteiger partial charge is 0.344 e. The molecule has 23 valence electrons. The summed E-state index contributed by atoms with van der Waals surface area (Å²) in [5, 5.41) is 0. The zero-order valence-electron chi connectivity index (χ0n) is 1.65. The molecule has 0 aliphatic rings. The average Bonchev–Trinajstić information content (AvgIpc) is 0. The Morgan fingerprint density at radius 1 is 1.00 bits per heavy atom. The van der Waals surface area contributed by atoms with E-state index in [1.54, 1.807) is 0 Å². The van der Waals surface area contributed by atoms with Crippen LogP contribution < -0.4 is 6.15 Å². The van der Waals surface area contributed by atoms with E-state index in [9.17, 15) is 0 Å². The van der Waals surface area contributed by atoms with Gasteiger partial charge >= 0.3 is 0 Å². The molecule has 0 rings (SSSR count). The SMILES string of the molecule is N.[AlH3].[Nb].[Zr]. The van der Waals surface area contributed by atoms with Crippen molar-refractivity contribution < 1.29 is 48.6 Å². The monoisotopic (exact) mass is 230 g/mol. The standard InChI is InChI=1S/Al.H3N.Nb.Zr.3H/h;1H3;;;;;. The molecule has 0 heterocycles. The van der Waals surface area contributed by atoms with E-state index < -0.39 is 0 Å². The summed E-state index contributed by atoms with van der Waals surface area (Å²) in [4.78, 5) is 0. The summed E-state index contributed by atoms with van der Waals surface area (Å²) in [6, 6.07) is 0. The summed E-state index contributed by atoms with van der Waals surface area (Å²) in [6.07, 6.45) is 0. The van der Waals surface area contributed by atoms with E-state index in [0.717, 1.165) is 0 Å². The van der Waals surface area contributed by atoms with Crippen LogP contribution in [0.1, 0.15) is 0 Å². The molecule has 0 saturated carbocycles. The van der Waals surface area contributed by atoms with Gasteiger partial charge in [-0.1, -0.05) is 0 Å². The van der Waals surface area contributed by atoms with Gasteiger partial charge in [-0.3, -0.25) is 0 Å². The van der Waals surface area contributed by atoms with Crippen LogP contribution in [0.4, 0.5) is 0 Å². The number of rotatable bonds is 0. The molecule has 0 aromatic carbocycles. The van der Waals surface area contributed by atoms with E-state index in [2.05, 4.69) is 0 Å². The van der Waals surface area contributed by atoms with Gasteiger partial charge < -0.3 is 6.15 Å². The minimum absolute atomic E-state index is 0. The van der Waals surface area contributed by atoms with Crippen molar-refractivity contribution in [2.75, 3.05) is 0 Å². The molecule has 1 radical (unpaired) electrons. The van der Waals surface area contributed by atoms with E-state index in [0.29, 0.717) is 0 Å². The third kappa shape index (κ3) is 8.93. The molecule has 0 atom stereocenters. The first-order valence-corrected chi connectivity index (χ1v) is 0. The Morgan fingerprint density at radius 2 is 1.00 bits per heavy atom. The third-order valence-corrected chi connectivity index (χ3v) is 0. The Hall–Kier alpha value is 2.12. The molecule has 0 unspecified atom stereocenters. The first-order chi connectivity index (χ1) is 0. The molecule has 0 amide bonds. The fourth-order valence-corrected chi connectivity index (χ4v) is 0. The van der Waals surface area contributed by atoms with Gasteiger partial charge in [0.1, 0.15) is 0 Å². The Kier molecular flexibility index (Phi) is 173. The minimum Gasteiger partial charge on any atom is -0.344 e. The first kappa shape index (κ1) is 35.8. The molecule has 1 nitrogen and oxygen atoms in total. The molecule has 0 aliphatic carbocycles. The molecule has 0 bridgehead atoms. The maximum Gasteiger partial charge on any atom is 0.187 e. The van der Waals surface area contributed by atoms with Crippen LogP contribution in [0.5, 0.6) is 0 Å². The molecular weight excluding hydrogens is 225 g/mol. The predicted molar refractivity (Wildman–Crippen MR) is 15.0 cm³/mol. The van der Waals surface area contributed by atoms with E-state index >= 15 is 0 Å². The average molecular weight is 231 g/mol.